The molecule has 1 aliphatic heterocycles. The van der Waals surface area contributed by atoms with E-state index in [4.69, 9.17) is 4.98 Å². The van der Waals surface area contributed by atoms with Crippen LogP contribution in [0.25, 0.3) is 16.9 Å². The molecule has 1 aliphatic rings. The van der Waals surface area contributed by atoms with E-state index in [2.05, 4.69) is 45.9 Å². The van der Waals surface area contributed by atoms with E-state index in [1.54, 1.807) is 42.8 Å². The van der Waals surface area contributed by atoms with Crippen molar-refractivity contribution in [1.29, 1.82) is 0 Å². The maximum Gasteiger partial charge on any atom is 0.278 e. The Morgan fingerprint density at radius 2 is 1.86 bits per heavy atom. The van der Waals surface area contributed by atoms with Crippen LogP contribution in [0.4, 0.5) is 11.6 Å². The third-order valence-corrected chi connectivity index (χ3v) is 6.91. The van der Waals surface area contributed by atoms with E-state index >= 15 is 0 Å². The number of anilines is 2. The molecule has 0 radical (unpaired) electrons. The van der Waals surface area contributed by atoms with Crippen LogP contribution < -0.4 is 10.9 Å². The van der Waals surface area contributed by atoms with Crippen molar-refractivity contribution in [3.63, 3.8) is 0 Å². The molecule has 0 atom stereocenters. The van der Waals surface area contributed by atoms with Crippen LogP contribution in [0.3, 0.4) is 0 Å². The molecule has 2 N–H and O–H groups in total. The van der Waals surface area contributed by atoms with Crippen molar-refractivity contribution in [1.82, 2.24) is 29.2 Å². The summed E-state index contributed by atoms with van der Waals surface area (Å²) in [4.78, 5) is 29.3. The number of allylic oxidation sites excluding steroid dienone is 1. The SMILES string of the molecule is C=CCn1c(=O)c2cnc(Nc3ccc(C4CCN(C)CC4)cc3)nc2n1-c1cccc(C(C)(C)O)n1. The first-order chi connectivity index (χ1) is 17.7. The van der Waals surface area contributed by atoms with Crippen LogP contribution >= 0.6 is 0 Å². The molecular formula is C28H33N7O2. The lowest BCUT2D eigenvalue weighted by Crippen LogP contribution is -2.29. The van der Waals surface area contributed by atoms with E-state index in [0.29, 0.717) is 34.4 Å². The summed E-state index contributed by atoms with van der Waals surface area (Å²) in [5, 5.41) is 14.1. The van der Waals surface area contributed by atoms with Crippen molar-refractivity contribution in [2.75, 3.05) is 25.5 Å². The van der Waals surface area contributed by atoms with Crippen molar-refractivity contribution in [3.05, 3.63) is 82.9 Å². The number of pyridine rings is 1. The summed E-state index contributed by atoms with van der Waals surface area (Å²) >= 11 is 0. The quantitative estimate of drug-likeness (QED) is 0.372. The number of rotatable bonds is 7. The maximum atomic E-state index is 13.2. The first kappa shape index (κ1) is 24.9. The Morgan fingerprint density at radius 3 is 2.54 bits per heavy atom. The minimum Gasteiger partial charge on any atom is -0.384 e. The van der Waals surface area contributed by atoms with Gasteiger partial charge in [-0.3, -0.25) is 4.79 Å². The van der Waals surface area contributed by atoms with Crippen molar-refractivity contribution >= 4 is 22.7 Å². The Hall–Kier alpha value is -3.82. The Balaban J connectivity index is 1.50. The monoisotopic (exact) mass is 499 g/mol. The fraction of sp³-hybridized carbons (Fsp3) is 0.357. The number of nitrogens with zero attached hydrogens (tertiary/aromatic N) is 6. The van der Waals surface area contributed by atoms with Gasteiger partial charge in [-0.15, -0.1) is 6.58 Å². The highest BCUT2D eigenvalue weighted by Gasteiger charge is 2.22. The zero-order valence-corrected chi connectivity index (χ0v) is 21.6. The molecule has 0 saturated carbocycles. The molecule has 0 unspecified atom stereocenters. The molecule has 3 aromatic heterocycles. The lowest BCUT2D eigenvalue weighted by Gasteiger charge is -2.29. The summed E-state index contributed by atoms with van der Waals surface area (Å²) in [5.74, 6) is 1.44. The van der Waals surface area contributed by atoms with Gasteiger partial charge >= 0.3 is 0 Å². The van der Waals surface area contributed by atoms with Gasteiger partial charge in [0.25, 0.3) is 5.56 Å². The van der Waals surface area contributed by atoms with Crippen molar-refractivity contribution in [2.45, 2.75) is 44.8 Å². The van der Waals surface area contributed by atoms with Gasteiger partial charge in [0, 0.05) is 11.9 Å². The van der Waals surface area contributed by atoms with Gasteiger partial charge in [0.05, 0.1) is 12.2 Å². The van der Waals surface area contributed by atoms with Gasteiger partial charge < -0.3 is 15.3 Å². The van der Waals surface area contributed by atoms with Crippen molar-refractivity contribution < 1.29 is 5.11 Å². The zero-order chi connectivity index (χ0) is 26.2. The molecule has 5 rings (SSSR count). The number of fused-ring (bicyclic) bond motifs is 1. The lowest BCUT2D eigenvalue weighted by molar-refractivity contribution is 0.0738. The van der Waals surface area contributed by atoms with E-state index in [0.717, 1.165) is 18.8 Å². The van der Waals surface area contributed by atoms with Crippen LogP contribution in [0.1, 0.15) is 43.9 Å². The standard InChI is InChI=1S/C28H33N7O2/c1-5-15-34-26(36)22-18-29-27(30-21-11-9-19(10-12-21)20-13-16-33(4)17-14-20)32-25(22)35(34)24-8-6-7-23(31-24)28(2,3)37/h5-12,18,20,37H,1,13-17H2,2-4H3,(H,29,30,32). The van der Waals surface area contributed by atoms with Crippen molar-refractivity contribution in [2.24, 2.45) is 0 Å². The molecular weight excluding hydrogens is 466 g/mol. The highest BCUT2D eigenvalue weighted by atomic mass is 16.3. The first-order valence-electron chi connectivity index (χ1n) is 12.6. The Labute approximate surface area is 216 Å². The van der Waals surface area contributed by atoms with Gasteiger partial charge in [-0.1, -0.05) is 24.3 Å². The van der Waals surface area contributed by atoms with Crippen LogP contribution in [0.15, 0.2) is 66.1 Å². The number of hydrogen-bond donors (Lipinski definition) is 2. The van der Waals surface area contributed by atoms with Gasteiger partial charge in [0.15, 0.2) is 11.5 Å². The average Bonchev–Trinajstić information content (AvgIpc) is 3.15. The fourth-order valence-electron chi connectivity index (χ4n) is 4.80. The lowest BCUT2D eigenvalue weighted by atomic mass is 9.89. The molecule has 192 valence electrons. The highest BCUT2D eigenvalue weighted by molar-refractivity contribution is 5.77. The Bertz CT molecular complexity index is 1470. The van der Waals surface area contributed by atoms with Crippen LogP contribution in [0.5, 0.6) is 0 Å². The van der Waals surface area contributed by atoms with Crippen LogP contribution in [0.2, 0.25) is 0 Å². The van der Waals surface area contributed by atoms with Crippen LogP contribution in [-0.2, 0) is 12.1 Å². The summed E-state index contributed by atoms with van der Waals surface area (Å²) in [6.07, 6.45) is 5.53. The van der Waals surface area contributed by atoms with E-state index in [1.807, 2.05) is 12.1 Å². The summed E-state index contributed by atoms with van der Waals surface area (Å²) in [6, 6.07) is 13.8. The maximum absolute atomic E-state index is 13.2. The molecule has 0 aliphatic carbocycles. The second kappa shape index (κ2) is 9.91. The summed E-state index contributed by atoms with van der Waals surface area (Å²) in [6.45, 7) is 9.65. The van der Waals surface area contributed by atoms with E-state index in [9.17, 15) is 9.90 Å². The Morgan fingerprint density at radius 1 is 1.14 bits per heavy atom. The van der Waals surface area contributed by atoms with Crippen LogP contribution in [0, 0.1) is 0 Å². The number of aliphatic hydroxyl groups is 1. The molecule has 37 heavy (non-hydrogen) atoms. The van der Waals surface area contributed by atoms with Crippen LogP contribution in [-0.4, -0.2) is 54.5 Å². The smallest absolute Gasteiger partial charge is 0.278 e. The fourth-order valence-corrected chi connectivity index (χ4v) is 4.80. The molecule has 9 nitrogen and oxygen atoms in total. The van der Waals surface area contributed by atoms with Gasteiger partial charge in [-0.05, 0) is 82.6 Å². The molecule has 0 bridgehead atoms. The third kappa shape index (κ3) is 5.05. The van der Waals surface area contributed by atoms with Gasteiger partial charge in [-0.2, -0.15) is 4.98 Å². The minimum atomic E-state index is -1.13. The summed E-state index contributed by atoms with van der Waals surface area (Å²) < 4.78 is 3.17. The number of nitrogens with one attached hydrogen (secondary N) is 1. The number of likely N-dealkylation sites (tertiary alicyclic amines) is 1. The topological polar surface area (TPSA) is 101 Å². The van der Waals surface area contributed by atoms with Gasteiger partial charge in [0.1, 0.15) is 11.0 Å². The second-order valence-corrected chi connectivity index (χ2v) is 10.2. The molecule has 1 fully saturated rings. The van der Waals surface area contributed by atoms with E-state index < -0.39 is 5.60 Å². The van der Waals surface area contributed by atoms with Crippen molar-refractivity contribution in [3.8, 4) is 5.82 Å². The molecule has 1 aromatic carbocycles. The first-order valence-corrected chi connectivity index (χ1v) is 12.6. The van der Waals surface area contributed by atoms with Gasteiger partial charge in [-0.25, -0.2) is 19.3 Å². The summed E-state index contributed by atoms with van der Waals surface area (Å²) in [7, 11) is 2.17. The number of piperidine rings is 1. The number of hydrogen-bond acceptors (Lipinski definition) is 7. The van der Waals surface area contributed by atoms with Gasteiger partial charge in [0.2, 0.25) is 5.95 Å². The predicted molar refractivity (Wildman–Crippen MR) is 146 cm³/mol. The number of benzene rings is 1. The molecule has 0 amide bonds. The Kier molecular flexibility index (Phi) is 6.66. The highest BCUT2D eigenvalue weighted by Crippen LogP contribution is 2.29. The largest absolute Gasteiger partial charge is 0.384 e. The molecule has 4 heterocycles. The molecule has 1 saturated heterocycles. The van der Waals surface area contributed by atoms with E-state index in [1.165, 1.54) is 29.3 Å². The molecule has 4 aromatic rings. The summed E-state index contributed by atoms with van der Waals surface area (Å²) in [5.41, 5.74) is 1.76. The molecule has 9 heteroatoms. The molecule has 0 spiro atoms. The minimum absolute atomic E-state index is 0.237. The second-order valence-electron chi connectivity index (χ2n) is 10.2. The zero-order valence-electron chi connectivity index (χ0n) is 21.6. The third-order valence-electron chi connectivity index (χ3n) is 6.91. The average molecular weight is 500 g/mol. The number of aromatic nitrogens is 5. The van der Waals surface area contributed by atoms with E-state index in [-0.39, 0.29) is 12.1 Å². The predicted octanol–water partition coefficient (Wildman–Crippen LogP) is 3.94. The normalized spacial score (nSPS) is 15.2.